The second-order valence-electron chi connectivity index (χ2n) is 8.89. The lowest BCUT2D eigenvalue weighted by Crippen LogP contribution is -2.44. The average molecular weight is 388 g/mol. The van der Waals surface area contributed by atoms with Crippen molar-refractivity contribution >= 4 is 18.8 Å². The van der Waals surface area contributed by atoms with E-state index >= 15 is 0 Å². The fourth-order valence-electron chi connectivity index (χ4n) is 3.68. The molecule has 1 aromatic rings. The normalized spacial score (nSPS) is 22.9. The Kier molecular flexibility index (Phi) is 6.08. The number of anilines is 1. The summed E-state index contributed by atoms with van der Waals surface area (Å²) in [6.45, 7) is 12.3. The van der Waals surface area contributed by atoms with E-state index < -0.39 is 18.3 Å². The summed E-state index contributed by atoms with van der Waals surface area (Å²) in [5, 5.41) is 0. The van der Waals surface area contributed by atoms with Crippen molar-refractivity contribution in [3.63, 3.8) is 0 Å². The number of nitrogens with zero attached hydrogens (tertiary/aromatic N) is 2. The van der Waals surface area contributed by atoms with Gasteiger partial charge in [-0.2, -0.15) is 0 Å². The van der Waals surface area contributed by atoms with Crippen molar-refractivity contribution in [3.05, 3.63) is 29.8 Å². The zero-order valence-corrected chi connectivity index (χ0v) is 18.0. The van der Waals surface area contributed by atoms with Gasteiger partial charge in [0, 0.05) is 37.7 Å². The van der Waals surface area contributed by atoms with Crippen LogP contribution in [-0.4, -0.2) is 69.5 Å². The average Bonchev–Trinajstić information content (AvgIpc) is 2.87. The van der Waals surface area contributed by atoms with Crippen molar-refractivity contribution in [2.24, 2.45) is 0 Å². The number of rotatable bonds is 5. The molecule has 0 saturated carbocycles. The van der Waals surface area contributed by atoms with Gasteiger partial charge in [-0.05, 0) is 52.4 Å². The summed E-state index contributed by atoms with van der Waals surface area (Å²) in [5.41, 5.74) is 1.36. The molecular formula is C21H33BN2O4. The van der Waals surface area contributed by atoms with E-state index in [9.17, 15) is 4.79 Å². The number of methoxy groups -OCH3 is 1. The molecule has 2 fully saturated rings. The number of ether oxygens (including phenoxy) is 1. The van der Waals surface area contributed by atoms with E-state index in [0.717, 1.165) is 31.7 Å². The minimum absolute atomic E-state index is 0.213. The first-order valence-electron chi connectivity index (χ1n) is 10.1. The zero-order valence-electron chi connectivity index (χ0n) is 18.0. The summed E-state index contributed by atoms with van der Waals surface area (Å²) in [4.78, 5) is 16.8. The molecule has 7 heteroatoms. The van der Waals surface area contributed by atoms with E-state index in [1.54, 1.807) is 0 Å². The highest BCUT2D eigenvalue weighted by Crippen LogP contribution is 2.42. The van der Waals surface area contributed by atoms with Crippen LogP contribution < -0.4 is 4.90 Å². The molecule has 28 heavy (non-hydrogen) atoms. The molecule has 1 unspecified atom stereocenters. The number of piperazine rings is 1. The van der Waals surface area contributed by atoms with Gasteiger partial charge < -0.3 is 23.8 Å². The van der Waals surface area contributed by atoms with Crippen LogP contribution in [0.25, 0.3) is 0 Å². The maximum atomic E-state index is 12.1. The van der Waals surface area contributed by atoms with Crippen LogP contribution in [-0.2, 0) is 18.8 Å². The Morgan fingerprint density at radius 2 is 1.61 bits per heavy atom. The number of carbonyl (C=O) groups excluding carboxylic acids is 1. The molecule has 0 amide bonds. The lowest BCUT2D eigenvalue weighted by atomic mass is 9.66. The highest BCUT2D eigenvalue weighted by Gasteiger charge is 2.54. The summed E-state index contributed by atoms with van der Waals surface area (Å²) in [7, 11) is 3.08. The van der Waals surface area contributed by atoms with Crippen LogP contribution in [0.15, 0.2) is 24.3 Å². The predicted octanol–water partition coefficient (Wildman–Crippen LogP) is 2.72. The smallest absolute Gasteiger partial charge is 0.466 e. The van der Waals surface area contributed by atoms with E-state index in [-0.39, 0.29) is 18.2 Å². The molecule has 1 atom stereocenters. The van der Waals surface area contributed by atoms with Crippen molar-refractivity contribution in [1.29, 1.82) is 0 Å². The molecule has 3 rings (SSSR count). The number of hydrogen-bond donors (Lipinski definition) is 0. The lowest BCUT2D eigenvalue weighted by molar-refractivity contribution is -0.140. The van der Waals surface area contributed by atoms with Gasteiger partial charge in [0.25, 0.3) is 0 Å². The van der Waals surface area contributed by atoms with Crippen molar-refractivity contribution < 1.29 is 18.8 Å². The third kappa shape index (κ3) is 4.37. The first kappa shape index (κ1) is 21.2. The van der Waals surface area contributed by atoms with Gasteiger partial charge in [0.15, 0.2) is 0 Å². The maximum Gasteiger partial charge on any atom is 0.466 e. The van der Waals surface area contributed by atoms with Crippen LogP contribution in [0.4, 0.5) is 5.69 Å². The van der Waals surface area contributed by atoms with Gasteiger partial charge in [-0.3, -0.25) is 4.79 Å². The van der Waals surface area contributed by atoms with Crippen LogP contribution in [0.5, 0.6) is 0 Å². The third-order valence-corrected chi connectivity index (χ3v) is 6.40. The number of benzene rings is 1. The van der Waals surface area contributed by atoms with E-state index in [2.05, 4.69) is 41.1 Å². The molecule has 1 aromatic carbocycles. The van der Waals surface area contributed by atoms with Crippen molar-refractivity contribution in [1.82, 2.24) is 4.90 Å². The summed E-state index contributed by atoms with van der Waals surface area (Å²) in [6.07, 6.45) is 0.223. The van der Waals surface area contributed by atoms with E-state index in [4.69, 9.17) is 14.0 Å². The van der Waals surface area contributed by atoms with Gasteiger partial charge in [0.1, 0.15) is 0 Å². The topological polar surface area (TPSA) is 51.2 Å². The van der Waals surface area contributed by atoms with Gasteiger partial charge in [-0.1, -0.05) is 12.1 Å². The maximum absolute atomic E-state index is 12.1. The summed E-state index contributed by atoms with van der Waals surface area (Å²) >= 11 is 0. The van der Waals surface area contributed by atoms with Crippen LogP contribution in [0.3, 0.4) is 0 Å². The molecule has 154 valence electrons. The molecule has 0 aliphatic carbocycles. The predicted molar refractivity (Wildman–Crippen MR) is 112 cm³/mol. The number of carbonyl (C=O) groups is 1. The fraction of sp³-hybridized carbons (Fsp3) is 0.667. The highest BCUT2D eigenvalue weighted by atomic mass is 16.7. The van der Waals surface area contributed by atoms with E-state index in [0.29, 0.717) is 0 Å². The Labute approximate surface area is 169 Å². The molecule has 0 N–H and O–H groups in total. The van der Waals surface area contributed by atoms with Crippen LogP contribution in [0, 0.1) is 0 Å². The molecule has 2 aliphatic heterocycles. The molecule has 0 aromatic heterocycles. The molecule has 0 radical (unpaired) electrons. The van der Waals surface area contributed by atoms with Gasteiger partial charge in [-0.25, -0.2) is 0 Å². The quantitative estimate of drug-likeness (QED) is 0.571. The Morgan fingerprint density at radius 1 is 1.07 bits per heavy atom. The van der Waals surface area contributed by atoms with Gasteiger partial charge in [0.05, 0.1) is 24.7 Å². The van der Waals surface area contributed by atoms with Crippen molar-refractivity contribution in [2.75, 3.05) is 45.2 Å². The standard InChI is InChI=1S/C21H33BN2O4/c1-20(2)21(3,4)28-22(27-20)18(15-19(25)26-6)16-7-9-17(10-8-16)24-13-11-23(5)12-14-24/h7-10,18H,11-15H2,1-6H3. The number of hydrogen-bond acceptors (Lipinski definition) is 6. The lowest BCUT2D eigenvalue weighted by Gasteiger charge is -2.34. The second-order valence-corrected chi connectivity index (χ2v) is 8.89. The summed E-state index contributed by atoms with van der Waals surface area (Å²) in [6, 6.07) is 8.45. The fourth-order valence-corrected chi connectivity index (χ4v) is 3.68. The Balaban J connectivity index is 1.80. The van der Waals surface area contributed by atoms with E-state index in [1.165, 1.54) is 12.8 Å². The first-order chi connectivity index (χ1) is 13.1. The largest absolute Gasteiger partial charge is 0.469 e. The van der Waals surface area contributed by atoms with Gasteiger partial charge >= 0.3 is 13.1 Å². The van der Waals surface area contributed by atoms with Crippen LogP contribution in [0.1, 0.15) is 45.5 Å². The van der Waals surface area contributed by atoms with Gasteiger partial charge in [-0.15, -0.1) is 0 Å². The summed E-state index contributed by atoms with van der Waals surface area (Å²) in [5.74, 6) is -0.474. The molecule has 2 heterocycles. The molecule has 2 aliphatic rings. The second kappa shape index (κ2) is 8.05. The Morgan fingerprint density at radius 3 is 2.11 bits per heavy atom. The van der Waals surface area contributed by atoms with E-state index in [1.807, 2.05) is 27.7 Å². The monoisotopic (exact) mass is 388 g/mol. The van der Waals surface area contributed by atoms with Crippen LogP contribution in [0.2, 0.25) is 0 Å². The first-order valence-corrected chi connectivity index (χ1v) is 10.1. The van der Waals surface area contributed by atoms with Crippen molar-refractivity contribution in [3.8, 4) is 0 Å². The molecule has 0 spiro atoms. The molecule has 2 saturated heterocycles. The highest BCUT2D eigenvalue weighted by molar-refractivity contribution is 6.48. The van der Waals surface area contributed by atoms with Gasteiger partial charge in [0.2, 0.25) is 0 Å². The molecule has 6 nitrogen and oxygen atoms in total. The summed E-state index contributed by atoms with van der Waals surface area (Å²) < 4.78 is 17.4. The van der Waals surface area contributed by atoms with Crippen molar-refractivity contribution in [2.45, 2.75) is 51.1 Å². The zero-order chi connectivity index (χ0) is 20.5. The minimum atomic E-state index is -0.487. The minimum Gasteiger partial charge on any atom is -0.469 e. The number of esters is 1. The SMILES string of the molecule is COC(=O)CC(B1OC(C)(C)C(C)(C)O1)c1ccc(N2CCN(C)CC2)cc1. The third-order valence-electron chi connectivity index (χ3n) is 6.40. The Bertz CT molecular complexity index is 668. The number of likely N-dealkylation sites (N-methyl/N-ethyl adjacent to an activating group) is 1. The molecular weight excluding hydrogens is 355 g/mol. The van der Waals surface area contributed by atoms with Crippen LogP contribution >= 0.6 is 0 Å². The molecule has 0 bridgehead atoms. The Hall–Kier alpha value is -1.57.